The number of hydrogen-bond acceptors (Lipinski definition) is 7. The second-order valence-corrected chi connectivity index (χ2v) is 10.1. The van der Waals surface area contributed by atoms with Crippen LogP contribution in [0.2, 0.25) is 0 Å². The zero-order chi connectivity index (χ0) is 21.3. The number of aromatic nitrogens is 4. The topological polar surface area (TPSA) is 104 Å². The van der Waals surface area contributed by atoms with Gasteiger partial charge in [-0.25, -0.2) is 8.42 Å². The molecule has 1 saturated heterocycles. The molecule has 1 aliphatic rings. The quantitative estimate of drug-likeness (QED) is 0.580. The number of amides is 1. The lowest BCUT2D eigenvalue weighted by Gasteiger charge is -2.35. The van der Waals surface area contributed by atoms with Crippen LogP contribution in [0.1, 0.15) is 13.0 Å². The molecule has 0 spiro atoms. The van der Waals surface area contributed by atoms with Crippen molar-refractivity contribution in [1.29, 1.82) is 0 Å². The predicted molar refractivity (Wildman–Crippen MR) is 115 cm³/mol. The van der Waals surface area contributed by atoms with Crippen LogP contribution >= 0.6 is 23.6 Å². The molecule has 12 heteroatoms. The van der Waals surface area contributed by atoms with Crippen molar-refractivity contribution in [2.75, 3.05) is 26.2 Å². The first-order valence-corrected chi connectivity index (χ1v) is 12.0. The van der Waals surface area contributed by atoms with Crippen LogP contribution in [0.15, 0.2) is 46.9 Å². The Morgan fingerprint density at radius 3 is 2.63 bits per heavy atom. The van der Waals surface area contributed by atoms with Gasteiger partial charge in [-0.1, -0.05) is 6.07 Å². The van der Waals surface area contributed by atoms with Crippen LogP contribution in [0, 0.1) is 4.77 Å². The Hall–Kier alpha value is -2.41. The largest absolute Gasteiger partial charge is 0.338 e. The molecular formula is C18H20N6O3S3. The van der Waals surface area contributed by atoms with Gasteiger partial charge in [-0.05, 0) is 42.7 Å². The van der Waals surface area contributed by atoms with E-state index in [9.17, 15) is 13.2 Å². The summed E-state index contributed by atoms with van der Waals surface area (Å²) in [5.74, 6) is 0.498. The van der Waals surface area contributed by atoms with Gasteiger partial charge in [-0.2, -0.15) is 9.40 Å². The van der Waals surface area contributed by atoms with Crippen molar-refractivity contribution in [3.63, 3.8) is 0 Å². The number of nitrogens with zero attached hydrogens (tertiary/aromatic N) is 5. The fraction of sp³-hybridized carbons (Fsp3) is 0.333. The van der Waals surface area contributed by atoms with Crippen molar-refractivity contribution in [2.24, 2.45) is 0 Å². The first-order chi connectivity index (χ1) is 14.4. The molecule has 30 heavy (non-hydrogen) atoms. The molecule has 1 fully saturated rings. The van der Waals surface area contributed by atoms with Crippen LogP contribution in [0.25, 0.3) is 10.7 Å². The minimum atomic E-state index is -3.62. The second-order valence-electron chi connectivity index (χ2n) is 6.79. The van der Waals surface area contributed by atoms with Gasteiger partial charge in [-0.15, -0.1) is 11.3 Å². The van der Waals surface area contributed by atoms with Crippen LogP contribution < -0.4 is 0 Å². The zero-order valence-electron chi connectivity index (χ0n) is 16.1. The van der Waals surface area contributed by atoms with Crippen LogP contribution in [0.3, 0.4) is 0 Å². The van der Waals surface area contributed by atoms with Crippen LogP contribution in [-0.2, 0) is 14.8 Å². The van der Waals surface area contributed by atoms with Crippen LogP contribution in [-0.4, -0.2) is 69.5 Å². The molecule has 4 heterocycles. The van der Waals surface area contributed by atoms with Crippen molar-refractivity contribution >= 4 is 39.5 Å². The summed E-state index contributed by atoms with van der Waals surface area (Å²) in [6, 6.07) is 6.39. The van der Waals surface area contributed by atoms with E-state index in [0.29, 0.717) is 23.7 Å². The van der Waals surface area contributed by atoms with E-state index in [1.807, 2.05) is 17.5 Å². The van der Waals surface area contributed by atoms with Crippen LogP contribution in [0.4, 0.5) is 0 Å². The average molecular weight is 465 g/mol. The number of carbonyl (C=O) groups excluding carboxylic acids is 1. The molecule has 0 bridgehead atoms. The normalized spacial score (nSPS) is 16.5. The Labute approximate surface area is 183 Å². The van der Waals surface area contributed by atoms with E-state index in [0.717, 1.165) is 4.88 Å². The predicted octanol–water partition coefficient (Wildman–Crippen LogP) is 2.16. The fourth-order valence-corrected chi connectivity index (χ4v) is 5.80. The maximum Gasteiger partial charge on any atom is 0.245 e. The molecule has 158 valence electrons. The summed E-state index contributed by atoms with van der Waals surface area (Å²) in [4.78, 5) is 19.8. The molecule has 1 atom stereocenters. The number of nitrogens with one attached hydrogen (secondary N) is 1. The minimum absolute atomic E-state index is 0.122. The third-order valence-electron chi connectivity index (χ3n) is 5.01. The molecule has 4 rings (SSSR count). The highest BCUT2D eigenvalue weighted by molar-refractivity contribution is 7.89. The molecule has 0 saturated carbocycles. The Morgan fingerprint density at radius 2 is 2.00 bits per heavy atom. The summed E-state index contributed by atoms with van der Waals surface area (Å²) in [6.07, 6.45) is 2.87. The van der Waals surface area contributed by atoms with E-state index in [2.05, 4.69) is 15.2 Å². The number of sulfonamides is 1. The summed E-state index contributed by atoms with van der Waals surface area (Å²) in [7, 11) is -3.62. The number of carbonyl (C=O) groups is 1. The highest BCUT2D eigenvalue weighted by Crippen LogP contribution is 2.26. The summed E-state index contributed by atoms with van der Waals surface area (Å²) < 4.78 is 29.0. The first kappa shape index (κ1) is 20.8. The monoisotopic (exact) mass is 464 g/mol. The van der Waals surface area contributed by atoms with Crippen molar-refractivity contribution < 1.29 is 13.2 Å². The molecule has 0 aromatic carbocycles. The van der Waals surface area contributed by atoms with Gasteiger partial charge in [0.2, 0.25) is 15.9 Å². The molecule has 3 aromatic heterocycles. The molecule has 1 unspecified atom stereocenters. The lowest BCUT2D eigenvalue weighted by Crippen LogP contribution is -2.51. The second kappa shape index (κ2) is 8.38. The third-order valence-corrected chi connectivity index (χ3v) is 8.05. The highest BCUT2D eigenvalue weighted by Gasteiger charge is 2.33. The van der Waals surface area contributed by atoms with Crippen molar-refractivity contribution in [2.45, 2.75) is 17.9 Å². The Bertz CT molecular complexity index is 1180. The maximum absolute atomic E-state index is 13.1. The lowest BCUT2D eigenvalue weighted by molar-refractivity contribution is -0.135. The average Bonchev–Trinajstić information content (AvgIpc) is 3.43. The van der Waals surface area contributed by atoms with E-state index < -0.39 is 16.1 Å². The van der Waals surface area contributed by atoms with Crippen molar-refractivity contribution in [3.8, 4) is 10.7 Å². The minimum Gasteiger partial charge on any atom is -0.338 e. The Kier molecular flexibility index (Phi) is 5.82. The summed E-state index contributed by atoms with van der Waals surface area (Å²) in [6.45, 7) is 2.85. The summed E-state index contributed by atoms with van der Waals surface area (Å²) >= 11 is 6.87. The number of hydrogen-bond donors (Lipinski definition) is 1. The number of thiophene rings is 1. The Morgan fingerprint density at radius 1 is 1.23 bits per heavy atom. The third kappa shape index (κ3) is 3.83. The molecule has 1 aliphatic heterocycles. The fourth-order valence-electron chi connectivity index (χ4n) is 3.42. The molecular weight excluding hydrogens is 444 g/mol. The molecule has 1 N–H and O–H groups in total. The zero-order valence-corrected chi connectivity index (χ0v) is 18.6. The smallest absolute Gasteiger partial charge is 0.245 e. The SMILES string of the molecule is CC(C(=O)N1CCN(S(=O)(=O)c2cccnc2)CC1)n1c(-c2cccs2)n[nH]c1=S. The van der Waals surface area contributed by atoms with Gasteiger partial charge in [0.1, 0.15) is 10.9 Å². The van der Waals surface area contributed by atoms with E-state index in [4.69, 9.17) is 12.2 Å². The van der Waals surface area contributed by atoms with Crippen molar-refractivity contribution in [3.05, 3.63) is 46.8 Å². The van der Waals surface area contributed by atoms with Gasteiger partial charge in [0, 0.05) is 38.6 Å². The van der Waals surface area contributed by atoms with E-state index >= 15 is 0 Å². The number of piperazine rings is 1. The van der Waals surface area contributed by atoms with Gasteiger partial charge in [0.25, 0.3) is 0 Å². The maximum atomic E-state index is 13.1. The molecule has 3 aromatic rings. The number of pyridine rings is 1. The number of rotatable bonds is 5. The molecule has 1 amide bonds. The summed E-state index contributed by atoms with van der Waals surface area (Å²) in [5, 5.41) is 8.98. The number of aromatic amines is 1. The first-order valence-electron chi connectivity index (χ1n) is 9.29. The summed E-state index contributed by atoms with van der Waals surface area (Å²) in [5.41, 5.74) is 0. The van der Waals surface area contributed by atoms with Gasteiger partial charge in [0.05, 0.1) is 4.88 Å². The van der Waals surface area contributed by atoms with Gasteiger partial charge >= 0.3 is 0 Å². The molecule has 0 radical (unpaired) electrons. The number of H-pyrrole nitrogens is 1. The van der Waals surface area contributed by atoms with Gasteiger partial charge in [-0.3, -0.25) is 19.4 Å². The van der Waals surface area contributed by atoms with Crippen LogP contribution in [0.5, 0.6) is 0 Å². The molecule has 9 nitrogen and oxygen atoms in total. The van der Waals surface area contributed by atoms with E-state index in [-0.39, 0.29) is 23.9 Å². The Balaban J connectivity index is 1.48. The van der Waals surface area contributed by atoms with Gasteiger partial charge in [0.15, 0.2) is 10.6 Å². The van der Waals surface area contributed by atoms with Crippen molar-refractivity contribution in [1.82, 2.24) is 29.0 Å². The standard InChI is InChI=1S/C18H20N6O3S3/c1-13(24-16(20-21-18(24)28)15-5-3-11-29-15)17(25)22-7-9-23(10-8-22)30(26,27)14-4-2-6-19-12-14/h2-6,11-13H,7-10H2,1H3,(H,21,28). The molecule has 0 aliphatic carbocycles. The van der Waals surface area contributed by atoms with E-state index in [1.54, 1.807) is 22.5 Å². The van der Waals surface area contributed by atoms with Gasteiger partial charge < -0.3 is 4.90 Å². The lowest BCUT2D eigenvalue weighted by atomic mass is 10.2. The highest BCUT2D eigenvalue weighted by atomic mass is 32.2. The van der Waals surface area contributed by atoms with E-state index in [1.165, 1.54) is 34.1 Å².